The van der Waals surface area contributed by atoms with Crippen molar-refractivity contribution < 1.29 is 0 Å². The van der Waals surface area contributed by atoms with E-state index in [4.69, 9.17) is 0 Å². The summed E-state index contributed by atoms with van der Waals surface area (Å²) in [5.41, 5.74) is 1.19. The summed E-state index contributed by atoms with van der Waals surface area (Å²) in [6.45, 7) is 4.49. The summed E-state index contributed by atoms with van der Waals surface area (Å²) in [5.74, 6) is 1.92. The van der Waals surface area contributed by atoms with Crippen LogP contribution in [0.15, 0.2) is 30.6 Å². The zero-order valence-electron chi connectivity index (χ0n) is 8.77. The molecule has 0 aromatic carbocycles. The normalized spacial score (nSPS) is 11.4. The van der Waals surface area contributed by atoms with Gasteiger partial charge in [-0.15, -0.1) is 0 Å². The summed E-state index contributed by atoms with van der Waals surface area (Å²) in [7, 11) is 0. The third kappa shape index (κ3) is 1.79. The van der Waals surface area contributed by atoms with Crippen molar-refractivity contribution in [1.82, 2.24) is 9.38 Å². The molecule has 2 heteroatoms. The maximum atomic E-state index is 4.43. The standard InChI is InChI=1S/C12H16N2/c1-10(2)6-7-12-13-9-11-5-3-4-8-14(11)12/h3-5,8-10H,6-7H2,1-2H3. The molecule has 2 heterocycles. The average Bonchev–Trinajstić information content (AvgIpc) is 2.58. The van der Waals surface area contributed by atoms with Crippen molar-refractivity contribution in [3.63, 3.8) is 0 Å². The number of aromatic nitrogens is 2. The lowest BCUT2D eigenvalue weighted by molar-refractivity contribution is 0.574. The summed E-state index contributed by atoms with van der Waals surface area (Å²) in [5, 5.41) is 0. The Kier molecular flexibility index (Phi) is 2.53. The molecule has 0 unspecified atom stereocenters. The van der Waals surface area contributed by atoms with Crippen LogP contribution in [-0.2, 0) is 6.42 Å². The summed E-state index contributed by atoms with van der Waals surface area (Å²) in [4.78, 5) is 4.43. The van der Waals surface area contributed by atoms with Gasteiger partial charge in [-0.25, -0.2) is 4.98 Å². The molecule has 2 aromatic heterocycles. The van der Waals surface area contributed by atoms with Gasteiger partial charge in [0.15, 0.2) is 0 Å². The highest BCUT2D eigenvalue weighted by atomic mass is 15.0. The number of fused-ring (bicyclic) bond motifs is 1. The van der Waals surface area contributed by atoms with Gasteiger partial charge < -0.3 is 4.40 Å². The van der Waals surface area contributed by atoms with E-state index in [9.17, 15) is 0 Å². The fraction of sp³-hybridized carbons (Fsp3) is 0.417. The van der Waals surface area contributed by atoms with Crippen LogP contribution in [0.5, 0.6) is 0 Å². The monoisotopic (exact) mass is 188 g/mol. The number of pyridine rings is 1. The summed E-state index contributed by atoms with van der Waals surface area (Å²) in [6, 6.07) is 6.18. The fourth-order valence-corrected chi connectivity index (χ4v) is 1.60. The molecule has 0 fully saturated rings. The number of rotatable bonds is 3. The lowest BCUT2D eigenvalue weighted by atomic mass is 10.1. The first-order chi connectivity index (χ1) is 6.77. The van der Waals surface area contributed by atoms with Crippen molar-refractivity contribution in [2.24, 2.45) is 5.92 Å². The van der Waals surface area contributed by atoms with E-state index in [0.29, 0.717) is 0 Å². The number of aryl methyl sites for hydroxylation is 1. The van der Waals surface area contributed by atoms with Gasteiger partial charge in [-0.2, -0.15) is 0 Å². The van der Waals surface area contributed by atoms with Gasteiger partial charge in [0.25, 0.3) is 0 Å². The number of nitrogens with zero attached hydrogens (tertiary/aromatic N) is 2. The van der Waals surface area contributed by atoms with Crippen molar-refractivity contribution >= 4 is 5.52 Å². The lowest BCUT2D eigenvalue weighted by Gasteiger charge is -2.03. The zero-order valence-corrected chi connectivity index (χ0v) is 8.77. The van der Waals surface area contributed by atoms with Crippen molar-refractivity contribution in [2.75, 3.05) is 0 Å². The summed E-state index contributed by atoms with van der Waals surface area (Å²) < 4.78 is 2.17. The molecule has 0 amide bonds. The highest BCUT2D eigenvalue weighted by Crippen LogP contribution is 2.10. The molecular formula is C12H16N2. The van der Waals surface area contributed by atoms with Gasteiger partial charge in [0, 0.05) is 12.6 Å². The molecule has 74 valence electrons. The van der Waals surface area contributed by atoms with Crippen molar-refractivity contribution in [3.8, 4) is 0 Å². The average molecular weight is 188 g/mol. The topological polar surface area (TPSA) is 17.3 Å². The van der Waals surface area contributed by atoms with Gasteiger partial charge in [-0.3, -0.25) is 0 Å². The molecule has 2 aromatic rings. The molecule has 0 bridgehead atoms. The molecule has 0 atom stereocenters. The third-order valence-electron chi connectivity index (χ3n) is 2.46. The highest BCUT2D eigenvalue weighted by Gasteiger charge is 2.03. The Bertz CT molecular complexity index is 415. The van der Waals surface area contributed by atoms with E-state index >= 15 is 0 Å². The summed E-state index contributed by atoms with van der Waals surface area (Å²) >= 11 is 0. The van der Waals surface area contributed by atoms with E-state index in [-0.39, 0.29) is 0 Å². The Morgan fingerprint density at radius 1 is 1.36 bits per heavy atom. The van der Waals surface area contributed by atoms with Gasteiger partial charge in [0.1, 0.15) is 5.82 Å². The Hall–Kier alpha value is -1.31. The van der Waals surface area contributed by atoms with E-state index < -0.39 is 0 Å². The van der Waals surface area contributed by atoms with Crippen LogP contribution in [0.3, 0.4) is 0 Å². The molecule has 14 heavy (non-hydrogen) atoms. The minimum absolute atomic E-state index is 0.742. The minimum Gasteiger partial charge on any atom is -0.304 e. The zero-order chi connectivity index (χ0) is 9.97. The first-order valence-electron chi connectivity index (χ1n) is 5.18. The van der Waals surface area contributed by atoms with Gasteiger partial charge in [0.05, 0.1) is 11.7 Å². The second kappa shape index (κ2) is 3.82. The lowest BCUT2D eigenvalue weighted by Crippen LogP contribution is -1.97. The minimum atomic E-state index is 0.742. The first kappa shape index (κ1) is 9.25. The van der Waals surface area contributed by atoms with E-state index in [0.717, 1.165) is 12.3 Å². The molecule has 0 saturated heterocycles. The molecule has 0 saturated carbocycles. The van der Waals surface area contributed by atoms with Crippen molar-refractivity contribution in [3.05, 3.63) is 36.4 Å². The molecule has 0 radical (unpaired) electrons. The van der Waals surface area contributed by atoms with E-state index in [1.165, 1.54) is 17.8 Å². The fourth-order valence-electron chi connectivity index (χ4n) is 1.60. The SMILES string of the molecule is CC(C)CCc1ncc2ccccn12. The first-order valence-corrected chi connectivity index (χ1v) is 5.18. The third-order valence-corrected chi connectivity index (χ3v) is 2.46. The van der Waals surface area contributed by atoms with E-state index in [1.807, 2.05) is 18.3 Å². The smallest absolute Gasteiger partial charge is 0.113 e. The van der Waals surface area contributed by atoms with Crippen LogP contribution >= 0.6 is 0 Å². The molecule has 0 aliphatic carbocycles. The maximum Gasteiger partial charge on any atom is 0.113 e. The van der Waals surface area contributed by atoms with Crippen LogP contribution < -0.4 is 0 Å². The molecule has 2 rings (SSSR count). The van der Waals surface area contributed by atoms with Crippen LogP contribution in [0.1, 0.15) is 26.1 Å². The van der Waals surface area contributed by atoms with Gasteiger partial charge in [0.2, 0.25) is 0 Å². The van der Waals surface area contributed by atoms with Crippen molar-refractivity contribution in [1.29, 1.82) is 0 Å². The van der Waals surface area contributed by atoms with Crippen molar-refractivity contribution in [2.45, 2.75) is 26.7 Å². The second-order valence-electron chi connectivity index (χ2n) is 4.10. The Balaban J connectivity index is 2.25. The largest absolute Gasteiger partial charge is 0.304 e. The van der Waals surface area contributed by atoms with Gasteiger partial charge >= 0.3 is 0 Å². The predicted molar refractivity (Wildman–Crippen MR) is 58.4 cm³/mol. The summed E-state index contributed by atoms with van der Waals surface area (Å²) in [6.07, 6.45) is 6.29. The number of imidazole rings is 1. The van der Waals surface area contributed by atoms with E-state index in [1.54, 1.807) is 0 Å². The molecular weight excluding hydrogens is 172 g/mol. The second-order valence-corrected chi connectivity index (χ2v) is 4.10. The maximum absolute atomic E-state index is 4.43. The molecule has 2 nitrogen and oxygen atoms in total. The van der Waals surface area contributed by atoms with Gasteiger partial charge in [-0.1, -0.05) is 19.9 Å². The Morgan fingerprint density at radius 2 is 2.21 bits per heavy atom. The molecule has 0 aliphatic rings. The van der Waals surface area contributed by atoms with Crippen LogP contribution in [0.2, 0.25) is 0 Å². The number of hydrogen-bond donors (Lipinski definition) is 0. The van der Waals surface area contributed by atoms with Gasteiger partial charge in [-0.05, 0) is 24.5 Å². The van der Waals surface area contributed by atoms with E-state index in [2.05, 4.69) is 35.5 Å². The van der Waals surface area contributed by atoms with Crippen LogP contribution in [0.4, 0.5) is 0 Å². The highest BCUT2D eigenvalue weighted by molar-refractivity contribution is 5.45. The molecule has 0 aliphatic heterocycles. The van der Waals surface area contributed by atoms with Crippen LogP contribution in [0.25, 0.3) is 5.52 Å². The quantitative estimate of drug-likeness (QED) is 0.724. The Morgan fingerprint density at radius 3 is 3.00 bits per heavy atom. The molecule has 0 spiro atoms. The predicted octanol–water partition coefficient (Wildman–Crippen LogP) is 2.92. The molecule has 0 N–H and O–H groups in total. The Labute approximate surface area is 84.6 Å². The van der Waals surface area contributed by atoms with Crippen LogP contribution in [0, 0.1) is 5.92 Å². The van der Waals surface area contributed by atoms with Crippen LogP contribution in [-0.4, -0.2) is 9.38 Å². The number of hydrogen-bond acceptors (Lipinski definition) is 1.